The second-order valence-electron chi connectivity index (χ2n) is 3.17. The minimum Gasteiger partial charge on any atom is -0.458 e. The maximum absolute atomic E-state index is 5.44. The van der Waals surface area contributed by atoms with Gasteiger partial charge in [0, 0.05) is 3.57 Å². The molecule has 2 aromatic carbocycles. The van der Waals surface area contributed by atoms with Crippen LogP contribution in [0.2, 0.25) is 0 Å². The van der Waals surface area contributed by atoms with Crippen molar-refractivity contribution in [3.63, 3.8) is 0 Å². The Labute approximate surface area is 108 Å². The van der Waals surface area contributed by atoms with E-state index in [0.29, 0.717) is 0 Å². The minimum absolute atomic E-state index is 0.227. The van der Waals surface area contributed by atoms with E-state index in [1.54, 1.807) is 0 Å². The summed E-state index contributed by atoms with van der Waals surface area (Å²) in [7, 11) is 0. The minimum atomic E-state index is 0.227. The quantitative estimate of drug-likeness (QED) is 0.630. The lowest BCUT2D eigenvalue weighted by molar-refractivity contribution is 0.120. The Bertz CT molecular complexity index is 425. The van der Waals surface area contributed by atoms with E-state index < -0.39 is 0 Å². The molecule has 0 amide bonds. The first kappa shape index (κ1) is 11.3. The molecule has 0 fully saturated rings. The van der Waals surface area contributed by atoms with E-state index in [2.05, 4.69) is 22.6 Å². The molecule has 0 N–H and O–H groups in total. The van der Waals surface area contributed by atoms with Crippen molar-refractivity contribution in [1.82, 2.24) is 0 Å². The highest BCUT2D eigenvalue weighted by Gasteiger charge is 1.94. The summed E-state index contributed by atoms with van der Waals surface area (Å²) in [4.78, 5) is 0. The van der Waals surface area contributed by atoms with Gasteiger partial charge in [-0.3, -0.25) is 0 Å². The lowest BCUT2D eigenvalue weighted by Crippen LogP contribution is -2.05. The van der Waals surface area contributed by atoms with Crippen LogP contribution in [-0.2, 0) is 0 Å². The van der Waals surface area contributed by atoms with E-state index in [-0.39, 0.29) is 6.79 Å². The molecule has 0 aliphatic carbocycles. The second kappa shape index (κ2) is 5.75. The first-order valence-electron chi connectivity index (χ1n) is 4.91. The molecule has 2 nitrogen and oxygen atoms in total. The summed E-state index contributed by atoms with van der Waals surface area (Å²) in [5, 5.41) is 0. The molecule has 0 heterocycles. The zero-order valence-corrected chi connectivity index (χ0v) is 10.8. The third-order valence-corrected chi connectivity index (χ3v) is 2.73. The van der Waals surface area contributed by atoms with Gasteiger partial charge in [0.05, 0.1) is 0 Å². The van der Waals surface area contributed by atoms with E-state index in [1.165, 1.54) is 3.57 Å². The van der Waals surface area contributed by atoms with Crippen LogP contribution >= 0.6 is 22.6 Å². The van der Waals surface area contributed by atoms with Crippen LogP contribution in [-0.4, -0.2) is 6.79 Å². The van der Waals surface area contributed by atoms with Gasteiger partial charge in [-0.05, 0) is 59.0 Å². The molecule has 0 radical (unpaired) electrons. The third-order valence-electron chi connectivity index (χ3n) is 2.01. The van der Waals surface area contributed by atoms with Crippen molar-refractivity contribution in [3.8, 4) is 11.5 Å². The van der Waals surface area contributed by atoms with E-state index in [9.17, 15) is 0 Å². The number of benzene rings is 2. The van der Waals surface area contributed by atoms with Gasteiger partial charge in [0.2, 0.25) is 6.79 Å². The molecule has 3 heteroatoms. The molecule has 82 valence electrons. The number of hydrogen-bond donors (Lipinski definition) is 0. The van der Waals surface area contributed by atoms with Gasteiger partial charge in [0.15, 0.2) is 0 Å². The highest BCUT2D eigenvalue weighted by molar-refractivity contribution is 14.1. The maximum atomic E-state index is 5.44. The Morgan fingerprint density at radius 3 is 1.94 bits per heavy atom. The number of halogens is 1. The zero-order valence-electron chi connectivity index (χ0n) is 8.60. The van der Waals surface area contributed by atoms with Gasteiger partial charge < -0.3 is 9.47 Å². The average molecular weight is 326 g/mol. The summed E-state index contributed by atoms with van der Waals surface area (Å²) in [5.41, 5.74) is 0. The largest absolute Gasteiger partial charge is 0.458 e. The van der Waals surface area contributed by atoms with Gasteiger partial charge in [0.25, 0.3) is 0 Å². The summed E-state index contributed by atoms with van der Waals surface area (Å²) in [5.74, 6) is 1.63. The van der Waals surface area contributed by atoms with Gasteiger partial charge in [0.1, 0.15) is 11.5 Å². The SMILES string of the molecule is Ic1ccc(OCOc2ccccc2)cc1. The molecule has 2 aromatic rings. The van der Waals surface area contributed by atoms with Crippen LogP contribution in [0.5, 0.6) is 11.5 Å². The van der Waals surface area contributed by atoms with E-state index in [0.717, 1.165) is 11.5 Å². The first-order chi connectivity index (χ1) is 7.84. The monoisotopic (exact) mass is 326 g/mol. The van der Waals surface area contributed by atoms with E-state index >= 15 is 0 Å². The van der Waals surface area contributed by atoms with Crippen LogP contribution in [0.4, 0.5) is 0 Å². The topological polar surface area (TPSA) is 18.5 Å². The predicted molar refractivity (Wildman–Crippen MR) is 71.7 cm³/mol. The van der Waals surface area contributed by atoms with Gasteiger partial charge in [-0.15, -0.1) is 0 Å². The Balaban J connectivity index is 1.82. The summed E-state index contributed by atoms with van der Waals surface area (Å²) < 4.78 is 12.0. The van der Waals surface area contributed by atoms with Crippen molar-refractivity contribution in [2.75, 3.05) is 6.79 Å². The van der Waals surface area contributed by atoms with Crippen LogP contribution in [0.1, 0.15) is 0 Å². The molecular formula is C13H11IO2. The van der Waals surface area contributed by atoms with E-state index in [4.69, 9.17) is 9.47 Å². The zero-order chi connectivity index (χ0) is 11.2. The Hall–Kier alpha value is -1.23. The first-order valence-corrected chi connectivity index (χ1v) is 5.99. The molecule has 0 spiro atoms. The molecule has 0 bridgehead atoms. The molecule has 0 aromatic heterocycles. The molecule has 0 saturated heterocycles. The van der Waals surface area contributed by atoms with Crippen molar-refractivity contribution < 1.29 is 9.47 Å². The lowest BCUT2D eigenvalue weighted by atomic mass is 10.3. The molecular weight excluding hydrogens is 315 g/mol. The van der Waals surface area contributed by atoms with Gasteiger partial charge in [-0.25, -0.2) is 0 Å². The number of para-hydroxylation sites is 1. The second-order valence-corrected chi connectivity index (χ2v) is 4.42. The van der Waals surface area contributed by atoms with E-state index in [1.807, 2.05) is 54.6 Å². The summed E-state index contributed by atoms with van der Waals surface area (Å²) in [6.07, 6.45) is 0. The smallest absolute Gasteiger partial charge is 0.230 e. The van der Waals surface area contributed by atoms with Crippen LogP contribution in [0.15, 0.2) is 54.6 Å². The maximum Gasteiger partial charge on any atom is 0.230 e. The summed E-state index contributed by atoms with van der Waals surface area (Å²) >= 11 is 2.26. The van der Waals surface area contributed by atoms with Crippen molar-refractivity contribution in [1.29, 1.82) is 0 Å². The molecule has 0 aliphatic heterocycles. The Kier molecular flexibility index (Phi) is 4.04. The fraction of sp³-hybridized carbons (Fsp3) is 0.0769. The third kappa shape index (κ3) is 3.41. The fourth-order valence-electron chi connectivity index (χ4n) is 1.21. The van der Waals surface area contributed by atoms with Crippen molar-refractivity contribution in [2.45, 2.75) is 0 Å². The number of ether oxygens (including phenoxy) is 2. The molecule has 0 saturated carbocycles. The average Bonchev–Trinajstić information content (AvgIpc) is 2.33. The van der Waals surface area contributed by atoms with Gasteiger partial charge in [-0.1, -0.05) is 18.2 Å². The summed E-state index contributed by atoms with van der Waals surface area (Å²) in [6.45, 7) is 0.227. The normalized spacial score (nSPS) is 9.81. The summed E-state index contributed by atoms with van der Waals surface area (Å²) in [6, 6.07) is 17.5. The Morgan fingerprint density at radius 2 is 1.31 bits per heavy atom. The number of hydrogen-bond acceptors (Lipinski definition) is 2. The van der Waals surface area contributed by atoms with Gasteiger partial charge >= 0.3 is 0 Å². The highest BCUT2D eigenvalue weighted by atomic mass is 127. The lowest BCUT2D eigenvalue weighted by Gasteiger charge is -2.08. The molecule has 0 aliphatic rings. The van der Waals surface area contributed by atoms with Crippen molar-refractivity contribution in [2.24, 2.45) is 0 Å². The molecule has 16 heavy (non-hydrogen) atoms. The van der Waals surface area contributed by atoms with Crippen LogP contribution in [0.3, 0.4) is 0 Å². The fourth-order valence-corrected chi connectivity index (χ4v) is 1.57. The highest BCUT2D eigenvalue weighted by Crippen LogP contribution is 2.14. The van der Waals surface area contributed by atoms with Gasteiger partial charge in [-0.2, -0.15) is 0 Å². The standard InChI is InChI=1S/C13H11IO2/c14-11-6-8-13(9-7-11)16-10-15-12-4-2-1-3-5-12/h1-9H,10H2. The van der Waals surface area contributed by atoms with Crippen LogP contribution in [0.25, 0.3) is 0 Å². The molecule has 0 unspecified atom stereocenters. The molecule has 0 atom stereocenters. The van der Waals surface area contributed by atoms with Crippen molar-refractivity contribution >= 4 is 22.6 Å². The Morgan fingerprint density at radius 1 is 0.750 bits per heavy atom. The number of rotatable bonds is 4. The molecule has 2 rings (SSSR count). The van der Waals surface area contributed by atoms with Crippen LogP contribution in [0, 0.1) is 3.57 Å². The van der Waals surface area contributed by atoms with Crippen molar-refractivity contribution in [3.05, 3.63) is 58.2 Å². The predicted octanol–water partition coefficient (Wildman–Crippen LogP) is 3.71. The van der Waals surface area contributed by atoms with Crippen LogP contribution < -0.4 is 9.47 Å².